The summed E-state index contributed by atoms with van der Waals surface area (Å²) >= 11 is 0. The Hall–Kier alpha value is -0.560. The van der Waals surface area contributed by atoms with E-state index in [0.717, 1.165) is 0 Å². The van der Waals surface area contributed by atoms with Crippen molar-refractivity contribution in [1.82, 2.24) is 0 Å². The average molecular weight is 182 g/mol. The molecule has 0 aliphatic rings. The third-order valence-corrected chi connectivity index (χ3v) is 1.20. The third kappa shape index (κ3) is 9.35. The number of hydrogen-bond donors (Lipinski definition) is 0. The topological polar surface area (TPSA) is 0 Å². The van der Waals surface area contributed by atoms with Crippen LogP contribution in [0.25, 0.3) is 6.08 Å². The SMILES string of the molecule is C=CC=C.C=Cc1ccccc1.[NaH]. The van der Waals surface area contributed by atoms with Gasteiger partial charge in [-0.2, -0.15) is 0 Å². The van der Waals surface area contributed by atoms with Crippen molar-refractivity contribution in [2.45, 2.75) is 0 Å². The van der Waals surface area contributed by atoms with Gasteiger partial charge in [0.1, 0.15) is 0 Å². The molecule has 0 unspecified atom stereocenters. The van der Waals surface area contributed by atoms with Gasteiger partial charge in [0.2, 0.25) is 0 Å². The summed E-state index contributed by atoms with van der Waals surface area (Å²) in [4.78, 5) is 0. The number of hydrogen-bond acceptors (Lipinski definition) is 0. The third-order valence-electron chi connectivity index (χ3n) is 1.20. The minimum absolute atomic E-state index is 0. The van der Waals surface area contributed by atoms with Crippen LogP contribution in [-0.2, 0) is 0 Å². The van der Waals surface area contributed by atoms with Crippen LogP contribution in [0.3, 0.4) is 0 Å². The van der Waals surface area contributed by atoms with Gasteiger partial charge in [-0.3, -0.25) is 0 Å². The second-order valence-corrected chi connectivity index (χ2v) is 2.09. The molecule has 0 aliphatic heterocycles. The molecule has 0 nitrogen and oxygen atoms in total. The first-order valence-electron chi connectivity index (χ1n) is 3.76. The zero-order valence-corrected chi connectivity index (χ0v) is 7.24. The Kier molecular flexibility index (Phi) is 13.1. The maximum atomic E-state index is 3.63. The van der Waals surface area contributed by atoms with Crippen LogP contribution in [-0.4, -0.2) is 29.6 Å². The van der Waals surface area contributed by atoms with E-state index in [1.165, 1.54) is 5.56 Å². The summed E-state index contributed by atoms with van der Waals surface area (Å²) in [6.07, 6.45) is 5.11. The van der Waals surface area contributed by atoms with Gasteiger partial charge in [0, 0.05) is 0 Å². The summed E-state index contributed by atoms with van der Waals surface area (Å²) in [5.41, 5.74) is 1.17. The first-order chi connectivity index (χ1) is 5.85. The second-order valence-electron chi connectivity index (χ2n) is 2.09. The van der Waals surface area contributed by atoms with Gasteiger partial charge in [-0.1, -0.05) is 68.3 Å². The molecule has 0 saturated heterocycles. The van der Waals surface area contributed by atoms with Crippen LogP contribution < -0.4 is 0 Å². The van der Waals surface area contributed by atoms with Crippen molar-refractivity contribution in [3.05, 3.63) is 67.8 Å². The van der Waals surface area contributed by atoms with Gasteiger partial charge in [-0.25, -0.2) is 0 Å². The Morgan fingerprint density at radius 1 is 0.846 bits per heavy atom. The molecule has 13 heavy (non-hydrogen) atoms. The van der Waals surface area contributed by atoms with E-state index in [2.05, 4.69) is 19.7 Å². The van der Waals surface area contributed by atoms with Crippen molar-refractivity contribution in [1.29, 1.82) is 0 Å². The van der Waals surface area contributed by atoms with E-state index in [-0.39, 0.29) is 29.6 Å². The molecule has 64 valence electrons. The Balaban J connectivity index is 0. The summed E-state index contributed by atoms with van der Waals surface area (Å²) in [7, 11) is 0. The molecule has 0 amide bonds. The molecule has 0 heterocycles. The van der Waals surface area contributed by atoms with Crippen molar-refractivity contribution < 1.29 is 0 Å². The van der Waals surface area contributed by atoms with Gasteiger partial charge in [0.15, 0.2) is 0 Å². The molecular formula is C12H15Na. The number of benzene rings is 1. The molecule has 0 N–H and O–H groups in total. The van der Waals surface area contributed by atoms with Gasteiger partial charge >= 0.3 is 29.6 Å². The monoisotopic (exact) mass is 182 g/mol. The summed E-state index contributed by atoms with van der Waals surface area (Å²) in [6.45, 7) is 10.4. The predicted molar refractivity (Wildman–Crippen MR) is 64.1 cm³/mol. The van der Waals surface area contributed by atoms with Gasteiger partial charge in [-0.05, 0) is 5.56 Å². The quantitative estimate of drug-likeness (QED) is 0.487. The molecule has 1 rings (SSSR count). The minimum atomic E-state index is 0. The van der Waals surface area contributed by atoms with Gasteiger partial charge in [0.25, 0.3) is 0 Å². The summed E-state index contributed by atoms with van der Waals surface area (Å²) < 4.78 is 0. The van der Waals surface area contributed by atoms with Crippen molar-refractivity contribution in [2.24, 2.45) is 0 Å². The summed E-state index contributed by atoms with van der Waals surface area (Å²) in [6, 6.07) is 10.0. The number of rotatable bonds is 2. The van der Waals surface area contributed by atoms with E-state index in [0.29, 0.717) is 0 Å². The molecule has 0 fully saturated rings. The Labute approximate surface area is 103 Å². The van der Waals surface area contributed by atoms with Crippen LogP contribution in [0, 0.1) is 0 Å². The molecule has 0 aliphatic carbocycles. The van der Waals surface area contributed by atoms with Crippen molar-refractivity contribution in [3.8, 4) is 0 Å². The van der Waals surface area contributed by atoms with Crippen LogP contribution in [0.2, 0.25) is 0 Å². The molecule has 1 heteroatoms. The van der Waals surface area contributed by atoms with Crippen molar-refractivity contribution >= 4 is 35.6 Å². The fourth-order valence-electron chi connectivity index (χ4n) is 0.589. The second kappa shape index (κ2) is 11.4. The molecule has 0 spiro atoms. The van der Waals surface area contributed by atoms with E-state index in [4.69, 9.17) is 0 Å². The van der Waals surface area contributed by atoms with E-state index >= 15 is 0 Å². The molecule has 0 bridgehead atoms. The summed E-state index contributed by atoms with van der Waals surface area (Å²) in [5, 5.41) is 0. The van der Waals surface area contributed by atoms with Crippen LogP contribution in [0.1, 0.15) is 5.56 Å². The van der Waals surface area contributed by atoms with Crippen molar-refractivity contribution in [2.75, 3.05) is 0 Å². The molecule has 1 aromatic carbocycles. The van der Waals surface area contributed by atoms with E-state index in [1.54, 1.807) is 12.2 Å². The zero-order valence-electron chi connectivity index (χ0n) is 7.24. The molecule has 0 radical (unpaired) electrons. The van der Waals surface area contributed by atoms with Gasteiger partial charge in [-0.15, -0.1) is 0 Å². The molecule has 1 aromatic rings. The Bertz CT molecular complexity index is 231. The predicted octanol–water partition coefficient (Wildman–Crippen LogP) is 3.04. The normalized spacial score (nSPS) is 6.77. The fraction of sp³-hybridized carbons (Fsp3) is 0. The van der Waals surface area contributed by atoms with Crippen LogP contribution in [0.4, 0.5) is 0 Å². The van der Waals surface area contributed by atoms with E-state index in [1.807, 2.05) is 36.4 Å². The fourth-order valence-corrected chi connectivity index (χ4v) is 0.589. The van der Waals surface area contributed by atoms with Gasteiger partial charge in [0.05, 0.1) is 0 Å². The first-order valence-corrected chi connectivity index (χ1v) is 3.76. The van der Waals surface area contributed by atoms with Crippen LogP contribution >= 0.6 is 0 Å². The average Bonchev–Trinajstić information content (AvgIpc) is 2.19. The Morgan fingerprint density at radius 3 is 1.54 bits per heavy atom. The Morgan fingerprint density at radius 2 is 1.31 bits per heavy atom. The molecule has 0 atom stereocenters. The zero-order chi connectivity index (χ0) is 9.23. The molecular weight excluding hydrogens is 167 g/mol. The first kappa shape index (κ1) is 14.9. The van der Waals surface area contributed by atoms with Crippen molar-refractivity contribution in [3.63, 3.8) is 0 Å². The van der Waals surface area contributed by atoms with Crippen LogP contribution in [0.15, 0.2) is 62.2 Å². The van der Waals surface area contributed by atoms with Gasteiger partial charge < -0.3 is 0 Å². The standard InChI is InChI=1S/C8H8.C4H6.Na.H/c1-2-8-6-4-3-5-7-8;1-3-4-2;;/h2-7H,1H2;3-4H,1-2H2;;. The molecule has 0 saturated carbocycles. The number of allylic oxidation sites excluding steroid dienone is 2. The van der Waals surface area contributed by atoms with E-state index in [9.17, 15) is 0 Å². The van der Waals surface area contributed by atoms with Crippen LogP contribution in [0.5, 0.6) is 0 Å². The molecule has 0 aromatic heterocycles. The van der Waals surface area contributed by atoms with E-state index < -0.39 is 0 Å². The summed E-state index contributed by atoms with van der Waals surface area (Å²) in [5.74, 6) is 0. The maximum absolute atomic E-state index is 3.63.